The number of rotatable bonds is 8. The average Bonchev–Trinajstić information content (AvgIpc) is 2.71. The van der Waals surface area contributed by atoms with E-state index in [0.717, 1.165) is 30.7 Å². The largest absolute Gasteiger partial charge is 0.355 e. The third-order valence-corrected chi connectivity index (χ3v) is 5.15. The van der Waals surface area contributed by atoms with Crippen molar-refractivity contribution in [2.24, 2.45) is 4.99 Å². The lowest BCUT2D eigenvalue weighted by Crippen LogP contribution is -2.45. The van der Waals surface area contributed by atoms with Crippen LogP contribution >= 0.6 is 0 Å². The van der Waals surface area contributed by atoms with Crippen molar-refractivity contribution in [1.82, 2.24) is 20.9 Å². The number of benzene rings is 1. The Hall–Kier alpha value is -2.08. The molecule has 6 nitrogen and oxygen atoms in total. The van der Waals surface area contributed by atoms with Crippen LogP contribution in [0.25, 0.3) is 0 Å². The Morgan fingerprint density at radius 1 is 1.15 bits per heavy atom. The van der Waals surface area contributed by atoms with Gasteiger partial charge in [-0.2, -0.15) is 0 Å². The molecule has 1 unspecified atom stereocenters. The molecule has 0 bridgehead atoms. The number of carbonyl (C=O) groups is 1. The van der Waals surface area contributed by atoms with Crippen LogP contribution in [0.5, 0.6) is 0 Å². The van der Waals surface area contributed by atoms with Crippen LogP contribution in [-0.4, -0.2) is 56.0 Å². The van der Waals surface area contributed by atoms with E-state index in [1.54, 1.807) is 7.05 Å². The zero-order valence-electron chi connectivity index (χ0n) is 17.1. The van der Waals surface area contributed by atoms with E-state index in [0.29, 0.717) is 18.7 Å². The molecular formula is C21H35N5O. The van der Waals surface area contributed by atoms with Crippen LogP contribution in [-0.2, 0) is 6.54 Å². The van der Waals surface area contributed by atoms with Gasteiger partial charge in [0.1, 0.15) is 0 Å². The van der Waals surface area contributed by atoms with Crippen molar-refractivity contribution in [3.05, 3.63) is 35.4 Å². The van der Waals surface area contributed by atoms with Crippen LogP contribution in [0.1, 0.15) is 55.5 Å². The summed E-state index contributed by atoms with van der Waals surface area (Å²) in [4.78, 5) is 18.7. The van der Waals surface area contributed by atoms with Crippen molar-refractivity contribution >= 4 is 11.9 Å². The summed E-state index contributed by atoms with van der Waals surface area (Å²) in [7, 11) is 1.79. The number of hydrogen-bond donors (Lipinski definition) is 3. The Bertz CT molecular complexity index is 599. The summed E-state index contributed by atoms with van der Waals surface area (Å²) in [6.07, 6.45) is 5.25. The predicted molar refractivity (Wildman–Crippen MR) is 112 cm³/mol. The van der Waals surface area contributed by atoms with E-state index < -0.39 is 0 Å². The predicted octanol–water partition coefficient (Wildman–Crippen LogP) is 2.37. The van der Waals surface area contributed by atoms with Crippen LogP contribution in [0.4, 0.5) is 0 Å². The third-order valence-electron chi connectivity index (χ3n) is 5.15. The molecule has 0 spiro atoms. The number of guanidine groups is 1. The van der Waals surface area contributed by atoms with Gasteiger partial charge in [0.05, 0.1) is 0 Å². The number of amides is 1. The first-order valence-corrected chi connectivity index (χ1v) is 10.2. The summed E-state index contributed by atoms with van der Waals surface area (Å²) in [6, 6.07) is 8.41. The van der Waals surface area contributed by atoms with Gasteiger partial charge in [0.15, 0.2) is 5.96 Å². The molecule has 1 amide bonds. The topological polar surface area (TPSA) is 68.8 Å². The SMILES string of the molecule is CCNC(=O)c1ccc(CNC(=NC)NCCN2CCCCC2CC)cc1. The molecule has 1 saturated heterocycles. The molecule has 1 aromatic rings. The Morgan fingerprint density at radius 3 is 2.59 bits per heavy atom. The molecule has 0 aromatic heterocycles. The minimum atomic E-state index is -0.0300. The second-order valence-electron chi connectivity index (χ2n) is 7.00. The van der Waals surface area contributed by atoms with Gasteiger partial charge in [0, 0.05) is 44.8 Å². The van der Waals surface area contributed by atoms with Gasteiger partial charge < -0.3 is 16.0 Å². The first-order chi connectivity index (χ1) is 13.2. The average molecular weight is 374 g/mol. The van der Waals surface area contributed by atoms with E-state index >= 15 is 0 Å². The molecule has 0 radical (unpaired) electrons. The zero-order valence-corrected chi connectivity index (χ0v) is 17.1. The van der Waals surface area contributed by atoms with Crippen LogP contribution < -0.4 is 16.0 Å². The van der Waals surface area contributed by atoms with Crippen molar-refractivity contribution in [2.45, 2.75) is 52.1 Å². The molecule has 1 aliphatic heterocycles. The molecule has 27 heavy (non-hydrogen) atoms. The molecule has 3 N–H and O–H groups in total. The van der Waals surface area contributed by atoms with Gasteiger partial charge in [-0.15, -0.1) is 0 Å². The van der Waals surface area contributed by atoms with Crippen LogP contribution in [0.3, 0.4) is 0 Å². The molecule has 1 aromatic carbocycles. The first-order valence-electron chi connectivity index (χ1n) is 10.2. The number of piperidine rings is 1. The molecule has 150 valence electrons. The number of hydrogen-bond acceptors (Lipinski definition) is 3. The van der Waals surface area contributed by atoms with Crippen LogP contribution in [0.15, 0.2) is 29.3 Å². The van der Waals surface area contributed by atoms with E-state index in [2.05, 4.69) is 32.8 Å². The minimum absolute atomic E-state index is 0.0300. The normalized spacial score (nSPS) is 18.2. The molecule has 1 atom stereocenters. The monoisotopic (exact) mass is 373 g/mol. The van der Waals surface area contributed by atoms with Crippen molar-refractivity contribution in [2.75, 3.05) is 33.2 Å². The number of likely N-dealkylation sites (tertiary alicyclic amines) is 1. The molecule has 1 fully saturated rings. The summed E-state index contributed by atoms with van der Waals surface area (Å²) < 4.78 is 0. The highest BCUT2D eigenvalue weighted by atomic mass is 16.1. The van der Waals surface area contributed by atoms with Gasteiger partial charge in [-0.1, -0.05) is 25.5 Å². The second kappa shape index (κ2) is 11.6. The maximum Gasteiger partial charge on any atom is 0.251 e. The number of aliphatic imine (C=N–C) groups is 1. The van der Waals surface area contributed by atoms with E-state index in [4.69, 9.17) is 0 Å². The van der Waals surface area contributed by atoms with Gasteiger partial charge in [-0.25, -0.2) is 0 Å². The first kappa shape index (κ1) is 21.2. The summed E-state index contributed by atoms with van der Waals surface area (Å²) in [5.74, 6) is 0.783. The minimum Gasteiger partial charge on any atom is -0.355 e. The molecule has 0 aliphatic carbocycles. The molecule has 6 heteroatoms. The van der Waals surface area contributed by atoms with E-state index in [1.807, 2.05) is 31.2 Å². The third kappa shape index (κ3) is 6.86. The summed E-state index contributed by atoms with van der Waals surface area (Å²) in [5.41, 5.74) is 1.81. The van der Waals surface area contributed by atoms with Crippen LogP contribution in [0.2, 0.25) is 0 Å². The lowest BCUT2D eigenvalue weighted by atomic mass is 10.0. The van der Waals surface area contributed by atoms with Crippen molar-refractivity contribution in [1.29, 1.82) is 0 Å². The van der Waals surface area contributed by atoms with Gasteiger partial charge >= 0.3 is 0 Å². The molecular weight excluding hydrogens is 338 g/mol. The lowest BCUT2D eigenvalue weighted by Gasteiger charge is -2.35. The van der Waals surface area contributed by atoms with Gasteiger partial charge in [0.25, 0.3) is 5.91 Å². The van der Waals surface area contributed by atoms with E-state index in [1.165, 1.54) is 32.2 Å². The van der Waals surface area contributed by atoms with Gasteiger partial charge in [-0.05, 0) is 50.4 Å². The highest BCUT2D eigenvalue weighted by molar-refractivity contribution is 5.94. The fourth-order valence-corrected chi connectivity index (χ4v) is 3.58. The molecule has 0 saturated carbocycles. The molecule has 1 aliphatic rings. The summed E-state index contributed by atoms with van der Waals surface area (Å²) >= 11 is 0. The highest BCUT2D eigenvalue weighted by Crippen LogP contribution is 2.18. The lowest BCUT2D eigenvalue weighted by molar-refractivity contribution is 0.0956. The van der Waals surface area contributed by atoms with E-state index in [9.17, 15) is 4.79 Å². The fraction of sp³-hybridized carbons (Fsp3) is 0.619. The Labute approximate surface area is 163 Å². The van der Waals surface area contributed by atoms with Crippen molar-refractivity contribution in [3.8, 4) is 0 Å². The van der Waals surface area contributed by atoms with Crippen molar-refractivity contribution in [3.63, 3.8) is 0 Å². The molecule has 1 heterocycles. The van der Waals surface area contributed by atoms with Gasteiger partial charge in [-0.3, -0.25) is 14.7 Å². The summed E-state index contributed by atoms with van der Waals surface area (Å²) in [6.45, 7) is 8.69. The van der Waals surface area contributed by atoms with Gasteiger partial charge in [0.2, 0.25) is 0 Å². The molecule has 2 rings (SSSR count). The standard InChI is InChI=1S/C21H35N5O/c1-4-19-8-6-7-14-26(19)15-13-24-21(22-3)25-16-17-9-11-18(12-10-17)20(27)23-5-2/h9-12,19H,4-8,13-16H2,1-3H3,(H,23,27)(H2,22,24,25). The number of carbonyl (C=O) groups excluding carboxylic acids is 1. The maximum absolute atomic E-state index is 11.8. The quantitative estimate of drug-likeness (QED) is 0.483. The number of nitrogens with one attached hydrogen (secondary N) is 3. The zero-order chi connectivity index (χ0) is 19.5. The Kier molecular flexibility index (Phi) is 9.11. The second-order valence-corrected chi connectivity index (χ2v) is 7.00. The smallest absolute Gasteiger partial charge is 0.251 e. The summed E-state index contributed by atoms with van der Waals surface area (Å²) in [5, 5.41) is 9.56. The highest BCUT2D eigenvalue weighted by Gasteiger charge is 2.19. The Morgan fingerprint density at radius 2 is 1.93 bits per heavy atom. The maximum atomic E-state index is 11.8. The fourth-order valence-electron chi connectivity index (χ4n) is 3.58. The van der Waals surface area contributed by atoms with E-state index in [-0.39, 0.29) is 5.91 Å². The number of nitrogens with zero attached hydrogens (tertiary/aromatic N) is 2. The Balaban J connectivity index is 1.74. The van der Waals surface area contributed by atoms with Crippen molar-refractivity contribution < 1.29 is 4.79 Å². The van der Waals surface area contributed by atoms with Crippen LogP contribution in [0, 0.1) is 0 Å².